The molecule has 1 unspecified atom stereocenters. The summed E-state index contributed by atoms with van der Waals surface area (Å²) >= 11 is 0. The van der Waals surface area contributed by atoms with Gasteiger partial charge in [-0.15, -0.1) is 5.23 Å². The van der Waals surface area contributed by atoms with E-state index in [-0.39, 0.29) is 29.8 Å². The lowest BCUT2D eigenvalue weighted by molar-refractivity contribution is -0.299. The maximum atomic E-state index is 11.3. The fraction of sp³-hybridized carbons (Fsp3) is 0.722. The Kier molecular flexibility index (Phi) is 6.68. The van der Waals surface area contributed by atoms with Gasteiger partial charge in [-0.1, -0.05) is 44.9 Å². The smallest absolute Gasteiger partial charge is 0.303 e. The minimum Gasteiger partial charge on any atom is -0.481 e. The number of aliphatic imine (C=N–C) groups is 1. The molecule has 9 heteroatoms. The van der Waals surface area contributed by atoms with Crippen LogP contribution in [-0.2, 0) is 9.63 Å². The highest BCUT2D eigenvalue weighted by atomic mass is 16.9. The predicted octanol–water partition coefficient (Wildman–Crippen LogP) is 3.23. The fourth-order valence-corrected chi connectivity index (χ4v) is 3.87. The van der Waals surface area contributed by atoms with Crippen LogP contribution in [0, 0.1) is 11.8 Å². The molecule has 1 aliphatic carbocycles. The highest BCUT2D eigenvalue weighted by Gasteiger charge is 2.35. The van der Waals surface area contributed by atoms with Crippen LogP contribution in [-0.4, -0.2) is 45.8 Å². The van der Waals surface area contributed by atoms with Crippen LogP contribution in [0.2, 0.25) is 0 Å². The highest BCUT2D eigenvalue weighted by Crippen LogP contribution is 2.31. The summed E-state index contributed by atoms with van der Waals surface area (Å²) in [6.45, 7) is 0. The SMILES string of the molecule is COc1cc(C2=NC([C@H](CCCC3CCCCC3)CC(=O)O)ON2O)on1. The van der Waals surface area contributed by atoms with Crippen molar-refractivity contribution in [3.05, 3.63) is 11.8 Å². The fourth-order valence-electron chi connectivity index (χ4n) is 3.87. The molecule has 1 aromatic heterocycles. The Morgan fingerprint density at radius 3 is 2.85 bits per heavy atom. The zero-order chi connectivity index (χ0) is 19.2. The van der Waals surface area contributed by atoms with Gasteiger partial charge in [-0.2, -0.15) is 0 Å². The minimum absolute atomic E-state index is 0.0541. The molecule has 1 saturated carbocycles. The number of aliphatic carboxylic acids is 1. The van der Waals surface area contributed by atoms with Crippen LogP contribution in [0.5, 0.6) is 5.88 Å². The number of carboxylic acid groups (broad SMARTS) is 1. The van der Waals surface area contributed by atoms with E-state index in [0.29, 0.717) is 11.6 Å². The molecule has 2 heterocycles. The third-order valence-corrected chi connectivity index (χ3v) is 5.31. The standard InChI is InChI=1S/C18H27N3O6/c1-25-15-11-14(26-20-15)17-19-18(27-21(17)24)13(10-16(22)23)9-5-8-12-6-3-2-4-7-12/h11-13,18,24H,2-10H2,1H3,(H,22,23)/t13-,18?/m1/s1. The van der Waals surface area contributed by atoms with Crippen molar-refractivity contribution in [2.45, 2.75) is 64.0 Å². The van der Waals surface area contributed by atoms with E-state index in [4.69, 9.17) is 14.1 Å². The summed E-state index contributed by atoms with van der Waals surface area (Å²) in [7, 11) is 1.45. The number of aromatic nitrogens is 1. The molecule has 0 spiro atoms. The Labute approximate surface area is 157 Å². The maximum Gasteiger partial charge on any atom is 0.303 e. The Balaban J connectivity index is 1.62. The van der Waals surface area contributed by atoms with E-state index in [2.05, 4.69) is 10.1 Å². The number of nitrogens with zero attached hydrogens (tertiary/aromatic N) is 3. The molecule has 2 N–H and O–H groups in total. The van der Waals surface area contributed by atoms with Gasteiger partial charge < -0.3 is 14.4 Å². The number of ether oxygens (including phenoxy) is 1. The lowest BCUT2D eigenvalue weighted by atomic mass is 9.84. The Bertz CT molecular complexity index is 655. The largest absolute Gasteiger partial charge is 0.481 e. The van der Waals surface area contributed by atoms with Crippen molar-refractivity contribution in [2.75, 3.05) is 7.11 Å². The van der Waals surface area contributed by atoms with Gasteiger partial charge >= 0.3 is 5.97 Å². The molecule has 0 aromatic carbocycles. The van der Waals surface area contributed by atoms with Gasteiger partial charge in [0.05, 0.1) is 19.6 Å². The van der Waals surface area contributed by atoms with E-state index in [1.807, 2.05) is 0 Å². The lowest BCUT2D eigenvalue weighted by Gasteiger charge is -2.23. The zero-order valence-electron chi connectivity index (χ0n) is 15.5. The van der Waals surface area contributed by atoms with Crippen LogP contribution < -0.4 is 4.74 Å². The number of amidine groups is 1. The number of carboxylic acids is 1. The summed E-state index contributed by atoms with van der Waals surface area (Å²) in [5, 5.41) is 23.4. The molecular weight excluding hydrogens is 354 g/mol. The van der Waals surface area contributed by atoms with Gasteiger partial charge in [0.1, 0.15) is 0 Å². The Morgan fingerprint density at radius 1 is 1.41 bits per heavy atom. The van der Waals surface area contributed by atoms with Gasteiger partial charge in [0.25, 0.3) is 5.88 Å². The third kappa shape index (κ3) is 5.20. The number of rotatable bonds is 9. The molecule has 0 radical (unpaired) electrons. The molecular formula is C18H27N3O6. The van der Waals surface area contributed by atoms with Gasteiger partial charge in [0, 0.05) is 5.92 Å². The summed E-state index contributed by atoms with van der Waals surface area (Å²) < 4.78 is 10.0. The molecule has 2 atom stereocenters. The second-order valence-electron chi connectivity index (χ2n) is 7.25. The van der Waals surface area contributed by atoms with Crippen LogP contribution in [0.15, 0.2) is 15.6 Å². The number of hydrogen-bond donors (Lipinski definition) is 2. The normalized spacial score (nSPS) is 21.9. The summed E-state index contributed by atoms with van der Waals surface area (Å²) in [5.41, 5.74) is 0. The Morgan fingerprint density at radius 2 is 2.19 bits per heavy atom. The van der Waals surface area contributed by atoms with E-state index in [0.717, 1.165) is 18.8 Å². The van der Waals surface area contributed by atoms with Crippen molar-refractivity contribution in [2.24, 2.45) is 16.8 Å². The Hall–Kier alpha value is -2.13. The first-order chi connectivity index (χ1) is 13.1. The summed E-state index contributed by atoms with van der Waals surface area (Å²) in [6, 6.07) is 1.48. The van der Waals surface area contributed by atoms with Gasteiger partial charge in [-0.25, -0.2) is 9.83 Å². The predicted molar refractivity (Wildman–Crippen MR) is 94.3 cm³/mol. The van der Waals surface area contributed by atoms with E-state index in [1.54, 1.807) is 0 Å². The van der Waals surface area contributed by atoms with Gasteiger partial charge in [-0.3, -0.25) is 10.0 Å². The summed E-state index contributed by atoms with van der Waals surface area (Å²) in [5.74, 6) is -0.00620. The second kappa shape index (κ2) is 9.18. The van der Waals surface area contributed by atoms with Crippen molar-refractivity contribution >= 4 is 11.8 Å². The van der Waals surface area contributed by atoms with Crippen molar-refractivity contribution in [3.8, 4) is 5.88 Å². The zero-order valence-corrected chi connectivity index (χ0v) is 15.5. The third-order valence-electron chi connectivity index (χ3n) is 5.31. The molecule has 9 nitrogen and oxygen atoms in total. The molecule has 1 aliphatic heterocycles. The molecule has 0 bridgehead atoms. The van der Waals surface area contributed by atoms with Crippen molar-refractivity contribution in [3.63, 3.8) is 0 Å². The van der Waals surface area contributed by atoms with Crippen LogP contribution in [0.4, 0.5) is 0 Å². The molecule has 3 rings (SSSR count). The molecule has 2 aliphatic rings. The molecule has 150 valence electrons. The quantitative estimate of drug-likeness (QED) is 0.669. The van der Waals surface area contributed by atoms with Crippen molar-refractivity contribution in [1.82, 2.24) is 10.4 Å². The molecule has 0 amide bonds. The van der Waals surface area contributed by atoms with Crippen LogP contribution in [0.1, 0.15) is 63.5 Å². The lowest BCUT2D eigenvalue weighted by Crippen LogP contribution is -2.27. The monoisotopic (exact) mass is 381 g/mol. The topological polar surface area (TPSA) is 118 Å². The molecule has 0 saturated heterocycles. The maximum absolute atomic E-state index is 11.3. The first-order valence-corrected chi connectivity index (χ1v) is 9.53. The highest BCUT2D eigenvalue weighted by molar-refractivity contribution is 5.95. The van der Waals surface area contributed by atoms with Crippen molar-refractivity contribution in [1.29, 1.82) is 0 Å². The number of hydroxylamine groups is 2. The van der Waals surface area contributed by atoms with E-state index in [9.17, 15) is 15.1 Å². The van der Waals surface area contributed by atoms with Crippen LogP contribution in [0.25, 0.3) is 0 Å². The van der Waals surface area contributed by atoms with Gasteiger partial charge in [0.2, 0.25) is 11.6 Å². The van der Waals surface area contributed by atoms with Crippen molar-refractivity contribution < 1.29 is 29.2 Å². The van der Waals surface area contributed by atoms with Gasteiger partial charge in [0.15, 0.2) is 6.23 Å². The number of hydrogen-bond acceptors (Lipinski definition) is 8. The first kappa shape index (κ1) is 19.6. The molecule has 1 aromatic rings. The number of carbonyl (C=O) groups is 1. The van der Waals surface area contributed by atoms with E-state index < -0.39 is 12.2 Å². The van der Waals surface area contributed by atoms with E-state index >= 15 is 0 Å². The molecule has 27 heavy (non-hydrogen) atoms. The summed E-state index contributed by atoms with van der Waals surface area (Å²) in [6.07, 6.45) is 8.31. The second-order valence-corrected chi connectivity index (χ2v) is 7.25. The van der Waals surface area contributed by atoms with E-state index in [1.165, 1.54) is 45.3 Å². The summed E-state index contributed by atoms with van der Waals surface area (Å²) in [4.78, 5) is 21.0. The van der Waals surface area contributed by atoms with Crippen LogP contribution >= 0.6 is 0 Å². The minimum atomic E-state index is -0.907. The average Bonchev–Trinajstić information content (AvgIpc) is 3.27. The molecule has 1 fully saturated rings. The first-order valence-electron chi connectivity index (χ1n) is 9.53. The van der Waals surface area contributed by atoms with Crippen LogP contribution in [0.3, 0.4) is 0 Å². The average molecular weight is 381 g/mol. The number of methoxy groups -OCH3 is 1. The van der Waals surface area contributed by atoms with Gasteiger partial charge in [-0.05, 0) is 17.5 Å².